The monoisotopic (exact) mass is 1030 g/mol. The number of hydrogen-bond acceptors (Lipinski definition) is 12. The average Bonchev–Trinajstić information content (AvgIpc) is 3.36. The number of carbonyl (C=O) groups excluding carboxylic acids is 3. The molecule has 0 saturated carbocycles. The standard InChI is InChI=1S/C22H17F3N6O.C21H12ClF3N4O.C3H3ClO2.C2H4O2/c23-16-7-14(8-17(24)20(16)25)18-4-5-19(32)31(30-18)11-12-2-1-3-13(6-12)22-28-9-15(10-29-22)21(26)27;22-15-9-26-21(27-10-15)13-3-1-2-12(6-13)11-29-19(30)5-4-18(28-29)14-7-16(23)20(25)17(24)8-14;4-3(1-5)2-6;1-2(3)4/h1-2,4-10,13H,3,11H2,(H3,26,27);1-10H,11H2;1-3H;1H3,(H,3,4). The lowest BCUT2D eigenvalue weighted by molar-refractivity contribution is -0.302. The number of allylic oxidation sites excluding steroid dienone is 4. The third kappa shape index (κ3) is 15.2. The van der Waals surface area contributed by atoms with Crippen molar-refractivity contribution in [3.63, 3.8) is 0 Å². The van der Waals surface area contributed by atoms with E-state index in [0.29, 0.717) is 41.2 Å². The number of hydrogen-bond donors (Lipinski definition) is 2. The highest BCUT2D eigenvalue weighted by atomic mass is 35.5. The fourth-order valence-corrected chi connectivity index (χ4v) is 6.30. The summed E-state index contributed by atoms with van der Waals surface area (Å²) < 4.78 is 83.1. The number of aromatic nitrogens is 8. The number of carboxylic acids is 1. The lowest BCUT2D eigenvalue weighted by atomic mass is 9.95. The van der Waals surface area contributed by atoms with Crippen molar-refractivity contribution in [3.05, 3.63) is 199 Å². The van der Waals surface area contributed by atoms with E-state index < -0.39 is 57.4 Å². The number of rotatable bonds is 11. The van der Waals surface area contributed by atoms with Gasteiger partial charge in [-0.25, -0.2) is 55.6 Å². The van der Waals surface area contributed by atoms with Crippen molar-refractivity contribution in [3.8, 4) is 33.9 Å². The van der Waals surface area contributed by atoms with Crippen LogP contribution >= 0.6 is 23.2 Å². The van der Waals surface area contributed by atoms with Crippen LogP contribution in [-0.2, 0) is 27.5 Å². The van der Waals surface area contributed by atoms with E-state index in [2.05, 4.69) is 30.1 Å². The van der Waals surface area contributed by atoms with Gasteiger partial charge < -0.3 is 19.5 Å². The van der Waals surface area contributed by atoms with Crippen LogP contribution in [0, 0.1) is 34.9 Å². The van der Waals surface area contributed by atoms with E-state index in [1.807, 2.05) is 24.3 Å². The molecule has 24 heteroatoms. The summed E-state index contributed by atoms with van der Waals surface area (Å²) in [6.07, 6.45) is 13.2. The molecule has 1 unspecified atom stereocenters. The van der Waals surface area contributed by atoms with Gasteiger partial charge in [0.2, 0.25) is 0 Å². The number of halogens is 8. The third-order valence-electron chi connectivity index (χ3n) is 9.50. The number of benzene rings is 3. The smallest absolute Gasteiger partial charge is 0.273 e. The van der Waals surface area contributed by atoms with Crippen LogP contribution in [0.2, 0.25) is 5.02 Å². The summed E-state index contributed by atoms with van der Waals surface area (Å²) in [4.78, 5) is 69.1. The van der Waals surface area contributed by atoms with Gasteiger partial charge in [-0.15, -0.1) is 11.6 Å². The van der Waals surface area contributed by atoms with Gasteiger partial charge in [0.1, 0.15) is 23.8 Å². The van der Waals surface area contributed by atoms with Crippen molar-refractivity contribution < 1.29 is 51.2 Å². The summed E-state index contributed by atoms with van der Waals surface area (Å²) in [5.74, 6) is -8.50. The molecule has 3 aromatic carbocycles. The van der Waals surface area contributed by atoms with Gasteiger partial charge in [-0.2, -0.15) is 10.2 Å². The van der Waals surface area contributed by atoms with Gasteiger partial charge in [0, 0.05) is 65.5 Å². The zero-order chi connectivity index (χ0) is 52.6. The first-order valence-electron chi connectivity index (χ1n) is 20.6. The van der Waals surface area contributed by atoms with Crippen molar-refractivity contribution in [2.45, 2.75) is 37.7 Å². The fourth-order valence-electron chi connectivity index (χ4n) is 6.20. The van der Waals surface area contributed by atoms with Crippen molar-refractivity contribution in [1.82, 2.24) is 39.5 Å². The van der Waals surface area contributed by atoms with E-state index in [-0.39, 0.29) is 47.4 Å². The quantitative estimate of drug-likeness (QED) is 0.0346. The minimum Gasteiger partial charge on any atom is -0.550 e. The molecule has 0 radical (unpaired) electrons. The molecule has 1 atom stereocenters. The molecule has 0 saturated heterocycles. The molecule has 4 heterocycles. The molecule has 0 fully saturated rings. The minimum atomic E-state index is -1.56. The molecule has 4 aromatic heterocycles. The zero-order valence-corrected chi connectivity index (χ0v) is 38.6. The molecule has 0 aliphatic heterocycles. The molecule has 0 spiro atoms. The SMILES string of the molecule is CC(=O)[O-].NC(=[NH2+])c1cnc(C2C=C(Cn3nc(-c4cc(F)c(F)c(F)c4)ccc3=O)C=CC2)nc1.O=CC(Cl)C=O.O=c1ccc(-c2cc(F)c(F)c(F)c2)nn1Cc1cccc(-c2ncc(Cl)cn2)c1. The number of carbonyl (C=O) groups is 3. The maximum atomic E-state index is 13.6. The molecule has 7 aromatic rings. The second-order valence-electron chi connectivity index (χ2n) is 14.8. The number of aldehydes is 2. The molecule has 0 bridgehead atoms. The predicted octanol–water partition coefficient (Wildman–Crippen LogP) is 4.49. The highest BCUT2D eigenvalue weighted by Gasteiger charge is 2.18. The molecule has 72 heavy (non-hydrogen) atoms. The van der Waals surface area contributed by atoms with Crippen molar-refractivity contribution in [2.75, 3.05) is 0 Å². The first-order chi connectivity index (χ1) is 34.3. The highest BCUT2D eigenvalue weighted by molar-refractivity contribution is 6.35. The van der Waals surface area contributed by atoms with Gasteiger partial charge in [-0.05, 0) is 66.9 Å². The largest absolute Gasteiger partial charge is 0.550 e. The number of amidine groups is 1. The van der Waals surface area contributed by atoms with Gasteiger partial charge in [-0.3, -0.25) is 20.7 Å². The first-order valence-corrected chi connectivity index (χ1v) is 21.4. The van der Waals surface area contributed by atoms with Crippen LogP contribution in [0.1, 0.15) is 36.2 Å². The summed E-state index contributed by atoms with van der Waals surface area (Å²) in [7, 11) is 0. The Morgan fingerprint density at radius 3 is 1.71 bits per heavy atom. The lowest BCUT2D eigenvalue weighted by Gasteiger charge is -2.16. The van der Waals surface area contributed by atoms with Crippen molar-refractivity contribution >= 4 is 47.6 Å². The zero-order valence-electron chi connectivity index (χ0n) is 37.1. The highest BCUT2D eigenvalue weighted by Crippen LogP contribution is 2.27. The van der Waals surface area contributed by atoms with Crippen LogP contribution in [0.3, 0.4) is 0 Å². The molecule has 370 valence electrons. The molecule has 4 N–H and O–H groups in total. The van der Waals surface area contributed by atoms with Crippen LogP contribution in [0.4, 0.5) is 26.3 Å². The summed E-state index contributed by atoms with van der Waals surface area (Å²) >= 11 is 10.7. The number of carboxylic acid groups (broad SMARTS) is 1. The molecule has 16 nitrogen and oxygen atoms in total. The Labute approximate surface area is 413 Å². The van der Waals surface area contributed by atoms with Crippen molar-refractivity contribution in [1.29, 1.82) is 0 Å². The third-order valence-corrected chi connectivity index (χ3v) is 9.90. The Balaban J connectivity index is 0.000000226. The Hall–Kier alpha value is -8.50. The van der Waals surface area contributed by atoms with E-state index in [1.165, 1.54) is 41.3 Å². The lowest BCUT2D eigenvalue weighted by Crippen LogP contribution is -2.46. The van der Waals surface area contributed by atoms with E-state index in [1.54, 1.807) is 30.6 Å². The number of nitrogens with zero attached hydrogens (tertiary/aromatic N) is 8. The Bertz CT molecular complexity index is 3250. The number of alkyl halides is 1. The van der Waals surface area contributed by atoms with Crippen LogP contribution in [0.25, 0.3) is 33.9 Å². The normalized spacial score (nSPS) is 12.5. The maximum absolute atomic E-state index is 13.6. The molecular formula is C48H36Cl2F6N10O6. The average molecular weight is 1030 g/mol. The van der Waals surface area contributed by atoms with E-state index in [9.17, 15) is 45.5 Å². The van der Waals surface area contributed by atoms with Gasteiger partial charge in [0.25, 0.3) is 17.0 Å². The molecule has 8 rings (SSSR count). The first kappa shape index (κ1) is 54.4. The molecule has 0 amide bonds. The van der Waals surface area contributed by atoms with Gasteiger partial charge in [-0.1, -0.05) is 48.0 Å². The van der Waals surface area contributed by atoms with Crippen LogP contribution in [0.5, 0.6) is 0 Å². The molecule has 1 aliphatic carbocycles. The van der Waals surface area contributed by atoms with Crippen LogP contribution < -0.4 is 27.4 Å². The summed E-state index contributed by atoms with van der Waals surface area (Å²) in [5, 5.41) is 22.2. The van der Waals surface area contributed by atoms with Crippen molar-refractivity contribution in [2.24, 2.45) is 5.73 Å². The predicted molar refractivity (Wildman–Crippen MR) is 248 cm³/mol. The van der Waals surface area contributed by atoms with E-state index in [0.717, 1.165) is 52.6 Å². The molecule has 1 aliphatic rings. The summed E-state index contributed by atoms with van der Waals surface area (Å²) in [6, 6.07) is 15.6. The Morgan fingerprint density at radius 1 is 0.764 bits per heavy atom. The fraction of sp³-hybridized carbons (Fsp3) is 0.125. The Morgan fingerprint density at radius 2 is 1.25 bits per heavy atom. The van der Waals surface area contributed by atoms with Gasteiger partial charge in [0.15, 0.2) is 40.7 Å². The maximum Gasteiger partial charge on any atom is 0.273 e. The van der Waals surface area contributed by atoms with Gasteiger partial charge in [0.05, 0.1) is 35.1 Å². The van der Waals surface area contributed by atoms with Crippen LogP contribution in [0.15, 0.2) is 131 Å². The van der Waals surface area contributed by atoms with E-state index in [4.69, 9.17) is 44.2 Å². The van der Waals surface area contributed by atoms with Gasteiger partial charge >= 0.3 is 0 Å². The molecular weight excluding hydrogens is 997 g/mol. The second kappa shape index (κ2) is 25.4. The summed E-state index contributed by atoms with van der Waals surface area (Å²) in [5.41, 5.74) is 7.79. The second-order valence-corrected chi connectivity index (χ2v) is 15.8. The minimum absolute atomic E-state index is 0.0171. The topological polar surface area (TPSA) is 247 Å². The van der Waals surface area contributed by atoms with Crippen LogP contribution in [-0.4, -0.2) is 69.3 Å². The number of aliphatic carboxylic acids is 1. The number of nitrogens with two attached hydrogens (primary N) is 2. The Kier molecular flexibility index (Phi) is 19.2. The summed E-state index contributed by atoms with van der Waals surface area (Å²) in [6.45, 7) is 1.19. The van der Waals surface area contributed by atoms with E-state index >= 15 is 0 Å².